The number of halogens is 1. The lowest BCUT2D eigenvalue weighted by molar-refractivity contribution is -0.115. The maximum atomic E-state index is 12.2. The molecule has 0 bridgehead atoms. The summed E-state index contributed by atoms with van der Waals surface area (Å²) in [6.07, 6.45) is 0.416. The van der Waals surface area contributed by atoms with Crippen molar-refractivity contribution >= 4 is 50.5 Å². The number of rotatable bonds is 4. The predicted octanol–water partition coefficient (Wildman–Crippen LogP) is 4.42. The Kier molecular flexibility index (Phi) is 5.14. The van der Waals surface area contributed by atoms with Gasteiger partial charge in [0.1, 0.15) is 0 Å². The van der Waals surface area contributed by atoms with E-state index >= 15 is 0 Å². The van der Waals surface area contributed by atoms with E-state index in [-0.39, 0.29) is 11.8 Å². The average molecular weight is 367 g/mol. The van der Waals surface area contributed by atoms with Crippen molar-refractivity contribution in [2.45, 2.75) is 20.3 Å². The van der Waals surface area contributed by atoms with Crippen LogP contribution >= 0.6 is 27.3 Å². The molecule has 2 aromatic rings. The highest BCUT2D eigenvalue weighted by atomic mass is 79.9. The number of hydrogen-bond donors (Lipinski definition) is 2. The summed E-state index contributed by atoms with van der Waals surface area (Å²) in [4.78, 5) is 23.6. The van der Waals surface area contributed by atoms with Crippen LogP contribution in [0.25, 0.3) is 0 Å². The summed E-state index contributed by atoms with van der Waals surface area (Å²) in [5, 5.41) is 7.48. The Morgan fingerprint density at radius 1 is 1.24 bits per heavy atom. The topological polar surface area (TPSA) is 58.2 Å². The molecule has 2 amide bonds. The van der Waals surface area contributed by atoms with Crippen LogP contribution < -0.4 is 10.6 Å². The number of carbonyl (C=O) groups is 2. The molecule has 21 heavy (non-hydrogen) atoms. The first-order valence-electron chi connectivity index (χ1n) is 6.46. The van der Waals surface area contributed by atoms with Crippen molar-refractivity contribution < 1.29 is 9.59 Å². The van der Waals surface area contributed by atoms with Gasteiger partial charge in [-0.15, -0.1) is 11.3 Å². The van der Waals surface area contributed by atoms with Gasteiger partial charge in [-0.1, -0.05) is 13.0 Å². The first kappa shape index (κ1) is 15.7. The predicted molar refractivity (Wildman–Crippen MR) is 90.1 cm³/mol. The van der Waals surface area contributed by atoms with E-state index in [0.29, 0.717) is 23.4 Å². The fourth-order valence-corrected chi connectivity index (χ4v) is 2.91. The smallest absolute Gasteiger partial charge is 0.256 e. The monoisotopic (exact) mass is 366 g/mol. The first-order chi connectivity index (χ1) is 10.0. The molecule has 0 saturated carbocycles. The van der Waals surface area contributed by atoms with Crippen molar-refractivity contribution in [2.75, 3.05) is 10.6 Å². The van der Waals surface area contributed by atoms with Gasteiger partial charge in [0.2, 0.25) is 5.91 Å². The second kappa shape index (κ2) is 6.87. The van der Waals surface area contributed by atoms with E-state index in [1.54, 1.807) is 24.4 Å². The second-order valence-corrected chi connectivity index (χ2v) is 6.76. The number of carbonyl (C=O) groups excluding carboxylic acids is 2. The van der Waals surface area contributed by atoms with Crippen molar-refractivity contribution in [3.8, 4) is 0 Å². The fourth-order valence-electron chi connectivity index (χ4n) is 1.77. The number of thiophene rings is 1. The summed E-state index contributed by atoms with van der Waals surface area (Å²) in [5.41, 5.74) is 2.85. The van der Waals surface area contributed by atoms with Gasteiger partial charge in [-0.25, -0.2) is 0 Å². The third-order valence-corrected chi connectivity index (χ3v) is 4.51. The molecule has 1 aromatic heterocycles. The highest BCUT2D eigenvalue weighted by molar-refractivity contribution is 9.11. The molecule has 1 aromatic carbocycles. The Hall–Kier alpha value is -1.66. The standard InChI is InChI=1S/C15H15BrN2O2S/c1-3-14(19)17-11-5-4-6-12(9(11)2)18-15(20)10-7-13(16)21-8-10/h4-8H,3H2,1-2H3,(H,17,19)(H,18,20). The van der Waals surface area contributed by atoms with E-state index in [0.717, 1.165) is 9.35 Å². The van der Waals surface area contributed by atoms with Crippen LogP contribution in [0.3, 0.4) is 0 Å². The van der Waals surface area contributed by atoms with Crippen molar-refractivity contribution in [1.82, 2.24) is 0 Å². The minimum absolute atomic E-state index is 0.0525. The van der Waals surface area contributed by atoms with E-state index < -0.39 is 0 Å². The van der Waals surface area contributed by atoms with Crippen LogP contribution in [0.2, 0.25) is 0 Å². The lowest BCUT2D eigenvalue weighted by Crippen LogP contribution is -2.14. The maximum absolute atomic E-state index is 12.2. The Labute approximate surface area is 135 Å². The molecule has 0 atom stereocenters. The molecule has 0 saturated heterocycles. The minimum Gasteiger partial charge on any atom is -0.326 e. The Balaban J connectivity index is 2.18. The molecule has 6 heteroatoms. The number of benzene rings is 1. The summed E-state index contributed by atoms with van der Waals surface area (Å²) in [7, 11) is 0. The minimum atomic E-state index is -0.168. The Morgan fingerprint density at radius 3 is 2.48 bits per heavy atom. The summed E-state index contributed by atoms with van der Waals surface area (Å²) in [6, 6.07) is 7.21. The average Bonchev–Trinajstić information content (AvgIpc) is 2.89. The normalized spacial score (nSPS) is 10.2. The molecule has 2 rings (SSSR count). The third kappa shape index (κ3) is 3.92. The highest BCUT2D eigenvalue weighted by Gasteiger charge is 2.12. The maximum Gasteiger partial charge on any atom is 0.256 e. The lowest BCUT2D eigenvalue weighted by atomic mass is 10.1. The number of nitrogens with one attached hydrogen (secondary N) is 2. The van der Waals surface area contributed by atoms with Gasteiger partial charge in [-0.2, -0.15) is 0 Å². The SMILES string of the molecule is CCC(=O)Nc1cccc(NC(=O)c2csc(Br)c2)c1C. The van der Waals surface area contributed by atoms with Crippen molar-refractivity contribution in [1.29, 1.82) is 0 Å². The van der Waals surface area contributed by atoms with Gasteiger partial charge in [0, 0.05) is 23.2 Å². The molecule has 1 heterocycles. The largest absolute Gasteiger partial charge is 0.326 e. The zero-order chi connectivity index (χ0) is 15.4. The zero-order valence-corrected chi connectivity index (χ0v) is 14.1. The van der Waals surface area contributed by atoms with E-state index in [1.165, 1.54) is 11.3 Å². The van der Waals surface area contributed by atoms with Crippen molar-refractivity contribution in [2.24, 2.45) is 0 Å². The molecule has 110 valence electrons. The lowest BCUT2D eigenvalue weighted by Gasteiger charge is -2.12. The number of hydrogen-bond acceptors (Lipinski definition) is 3. The van der Waals surface area contributed by atoms with Crippen molar-refractivity contribution in [3.63, 3.8) is 0 Å². The van der Waals surface area contributed by atoms with Gasteiger partial charge in [0.05, 0.1) is 9.35 Å². The molecule has 0 spiro atoms. The van der Waals surface area contributed by atoms with Crippen LogP contribution in [-0.4, -0.2) is 11.8 Å². The van der Waals surface area contributed by atoms with Gasteiger partial charge < -0.3 is 10.6 Å². The molecule has 0 unspecified atom stereocenters. The highest BCUT2D eigenvalue weighted by Crippen LogP contribution is 2.25. The van der Waals surface area contributed by atoms with E-state index in [4.69, 9.17) is 0 Å². The van der Waals surface area contributed by atoms with E-state index in [9.17, 15) is 9.59 Å². The molecule has 0 radical (unpaired) electrons. The quantitative estimate of drug-likeness (QED) is 0.841. The molecule has 0 aliphatic heterocycles. The number of amides is 2. The van der Waals surface area contributed by atoms with Crippen LogP contribution in [0.5, 0.6) is 0 Å². The van der Waals surface area contributed by atoms with Gasteiger partial charge in [-0.05, 0) is 46.6 Å². The van der Waals surface area contributed by atoms with Gasteiger partial charge in [-0.3, -0.25) is 9.59 Å². The summed E-state index contributed by atoms with van der Waals surface area (Å²) in [5.74, 6) is -0.220. The Bertz CT molecular complexity index is 682. The van der Waals surface area contributed by atoms with Crippen LogP contribution in [0, 0.1) is 6.92 Å². The fraction of sp³-hybridized carbons (Fsp3) is 0.200. The molecule has 0 fully saturated rings. The van der Waals surface area contributed by atoms with Gasteiger partial charge >= 0.3 is 0 Å². The molecule has 0 aliphatic carbocycles. The van der Waals surface area contributed by atoms with Crippen LogP contribution in [0.15, 0.2) is 33.4 Å². The molecule has 4 nitrogen and oxygen atoms in total. The second-order valence-electron chi connectivity index (χ2n) is 4.47. The molecule has 0 aliphatic rings. The van der Waals surface area contributed by atoms with E-state index in [2.05, 4.69) is 26.6 Å². The van der Waals surface area contributed by atoms with E-state index in [1.807, 2.05) is 19.1 Å². The zero-order valence-electron chi connectivity index (χ0n) is 11.7. The molecular weight excluding hydrogens is 352 g/mol. The van der Waals surface area contributed by atoms with Gasteiger partial charge in [0.25, 0.3) is 5.91 Å². The summed E-state index contributed by atoms with van der Waals surface area (Å²) >= 11 is 4.80. The summed E-state index contributed by atoms with van der Waals surface area (Å²) < 4.78 is 0.910. The first-order valence-corrected chi connectivity index (χ1v) is 8.13. The van der Waals surface area contributed by atoms with Crippen molar-refractivity contribution in [3.05, 3.63) is 44.6 Å². The number of anilines is 2. The van der Waals surface area contributed by atoms with Crippen LogP contribution in [0.4, 0.5) is 11.4 Å². The van der Waals surface area contributed by atoms with Gasteiger partial charge in [0.15, 0.2) is 0 Å². The molecule has 2 N–H and O–H groups in total. The van der Waals surface area contributed by atoms with Crippen LogP contribution in [0.1, 0.15) is 29.3 Å². The Morgan fingerprint density at radius 2 is 1.90 bits per heavy atom. The third-order valence-electron chi connectivity index (χ3n) is 3.01. The summed E-state index contributed by atoms with van der Waals surface area (Å²) in [6.45, 7) is 3.66. The van der Waals surface area contributed by atoms with Crippen LogP contribution in [-0.2, 0) is 4.79 Å². The molecular formula is C15H15BrN2O2S.